The Bertz CT molecular complexity index is 1240. The van der Waals surface area contributed by atoms with Crippen LogP contribution in [0.4, 0.5) is 5.95 Å². The molecule has 0 spiro atoms. The van der Waals surface area contributed by atoms with E-state index in [1.54, 1.807) is 12.0 Å². The number of methoxy groups -OCH3 is 1. The predicted molar refractivity (Wildman–Crippen MR) is 146 cm³/mol. The van der Waals surface area contributed by atoms with E-state index in [9.17, 15) is 9.59 Å². The Balaban J connectivity index is 1.38. The number of carbonyl (C=O) groups is 2. The zero-order chi connectivity index (χ0) is 26.5. The maximum absolute atomic E-state index is 13.4. The number of hydrogen-bond donors (Lipinski definition) is 1. The molecule has 0 bridgehead atoms. The van der Waals surface area contributed by atoms with E-state index in [0.29, 0.717) is 19.1 Å². The molecule has 2 amide bonds. The minimum absolute atomic E-state index is 0.000391. The van der Waals surface area contributed by atoms with Gasteiger partial charge >= 0.3 is 0 Å². The van der Waals surface area contributed by atoms with Gasteiger partial charge in [-0.2, -0.15) is 0 Å². The average Bonchev–Trinajstić information content (AvgIpc) is 3.71. The van der Waals surface area contributed by atoms with Crippen LogP contribution < -0.4 is 10.1 Å². The lowest BCUT2D eigenvalue weighted by molar-refractivity contribution is -0.139. The first-order valence-corrected chi connectivity index (χ1v) is 13.5. The normalized spacial score (nSPS) is 17.5. The highest BCUT2D eigenvalue weighted by Crippen LogP contribution is 2.28. The van der Waals surface area contributed by atoms with E-state index in [4.69, 9.17) is 14.5 Å². The van der Waals surface area contributed by atoms with E-state index in [1.165, 1.54) is 0 Å². The Morgan fingerprint density at radius 3 is 2.45 bits per heavy atom. The van der Waals surface area contributed by atoms with Crippen molar-refractivity contribution < 1.29 is 19.1 Å². The summed E-state index contributed by atoms with van der Waals surface area (Å²) < 4.78 is 13.0. The number of nitrogens with zero attached hydrogens (tertiary/aromatic N) is 3. The number of imidazole rings is 1. The SMILES string of the molecule is COc1ccc(-c2cn(-c3ccc(C)cc3)c(NC(=O)CN(C[C@@H]3CCCO3)C(=O)C3CCCC3)n2)cc1. The molecule has 1 atom stereocenters. The van der Waals surface area contributed by atoms with Gasteiger partial charge in [-0.05, 0) is 69.0 Å². The largest absolute Gasteiger partial charge is 0.497 e. The third-order valence-electron chi connectivity index (χ3n) is 7.45. The molecule has 1 N–H and O–H groups in total. The maximum Gasteiger partial charge on any atom is 0.246 e. The highest BCUT2D eigenvalue weighted by molar-refractivity contribution is 5.94. The van der Waals surface area contributed by atoms with Gasteiger partial charge in [-0.1, -0.05) is 30.5 Å². The van der Waals surface area contributed by atoms with Crippen molar-refractivity contribution >= 4 is 17.8 Å². The van der Waals surface area contributed by atoms with Crippen LogP contribution in [0.3, 0.4) is 0 Å². The summed E-state index contributed by atoms with van der Waals surface area (Å²) in [6.07, 6.45) is 7.73. The standard InChI is InChI=1S/C30H36N4O4/c1-21-9-13-24(14-10-21)34-19-27(22-11-15-25(37-2)16-12-22)31-30(34)32-28(35)20-33(18-26-8-5-17-38-26)29(36)23-6-3-4-7-23/h9-16,19,23,26H,3-8,17-18,20H2,1-2H3,(H,31,32,35)/t26-/m0/s1. The van der Waals surface area contributed by atoms with Crippen LogP contribution in [0.5, 0.6) is 5.75 Å². The van der Waals surface area contributed by atoms with Gasteiger partial charge in [-0.25, -0.2) is 4.98 Å². The van der Waals surface area contributed by atoms with E-state index >= 15 is 0 Å². The molecular formula is C30H36N4O4. The van der Waals surface area contributed by atoms with Crippen molar-refractivity contribution in [3.8, 4) is 22.7 Å². The number of nitrogens with one attached hydrogen (secondary N) is 1. The van der Waals surface area contributed by atoms with Crippen LogP contribution in [0.15, 0.2) is 54.7 Å². The number of aromatic nitrogens is 2. The molecule has 2 heterocycles. The molecule has 1 aliphatic heterocycles. The molecular weight excluding hydrogens is 480 g/mol. The average molecular weight is 517 g/mol. The van der Waals surface area contributed by atoms with Crippen LogP contribution in [0.2, 0.25) is 0 Å². The highest BCUT2D eigenvalue weighted by atomic mass is 16.5. The van der Waals surface area contributed by atoms with E-state index in [1.807, 2.05) is 66.2 Å². The summed E-state index contributed by atoms with van der Waals surface area (Å²) >= 11 is 0. The van der Waals surface area contributed by atoms with Gasteiger partial charge in [0.2, 0.25) is 17.8 Å². The van der Waals surface area contributed by atoms with Gasteiger partial charge < -0.3 is 14.4 Å². The molecule has 0 radical (unpaired) electrons. The second-order valence-corrected chi connectivity index (χ2v) is 10.3. The minimum Gasteiger partial charge on any atom is -0.497 e. The van der Waals surface area contributed by atoms with E-state index in [0.717, 1.165) is 66.8 Å². The number of anilines is 1. The fourth-order valence-electron chi connectivity index (χ4n) is 5.31. The van der Waals surface area contributed by atoms with Crippen LogP contribution >= 0.6 is 0 Å². The number of carbonyl (C=O) groups excluding carboxylic acids is 2. The lowest BCUT2D eigenvalue weighted by Gasteiger charge is -2.27. The van der Waals surface area contributed by atoms with Gasteiger partial charge in [0.05, 0.1) is 18.9 Å². The topological polar surface area (TPSA) is 85.7 Å². The summed E-state index contributed by atoms with van der Waals surface area (Å²) in [4.78, 5) is 33.2. The molecule has 1 aromatic heterocycles. The third-order valence-corrected chi connectivity index (χ3v) is 7.45. The maximum atomic E-state index is 13.4. The van der Waals surface area contributed by atoms with E-state index in [2.05, 4.69) is 5.32 Å². The van der Waals surface area contributed by atoms with Gasteiger partial charge in [-0.15, -0.1) is 0 Å². The van der Waals surface area contributed by atoms with E-state index < -0.39 is 0 Å². The van der Waals surface area contributed by atoms with Crippen molar-refractivity contribution in [1.29, 1.82) is 0 Å². The van der Waals surface area contributed by atoms with Gasteiger partial charge in [0.25, 0.3) is 0 Å². The Hall–Kier alpha value is -3.65. The van der Waals surface area contributed by atoms with Gasteiger partial charge in [0.15, 0.2) is 0 Å². The minimum atomic E-state index is -0.269. The lowest BCUT2D eigenvalue weighted by Crippen LogP contribution is -2.44. The van der Waals surface area contributed by atoms with Crippen LogP contribution in [0.1, 0.15) is 44.1 Å². The summed E-state index contributed by atoms with van der Waals surface area (Å²) in [7, 11) is 1.63. The molecule has 2 aliphatic rings. The zero-order valence-corrected chi connectivity index (χ0v) is 22.2. The molecule has 38 heavy (non-hydrogen) atoms. The molecule has 200 valence electrons. The number of rotatable bonds is 9. The number of benzene rings is 2. The first kappa shape index (κ1) is 26.0. The summed E-state index contributed by atoms with van der Waals surface area (Å²) in [5.41, 5.74) is 3.66. The molecule has 1 aliphatic carbocycles. The molecule has 1 saturated carbocycles. The Morgan fingerprint density at radius 1 is 1.05 bits per heavy atom. The number of aryl methyl sites for hydroxylation is 1. The number of ether oxygens (including phenoxy) is 2. The van der Waals surface area contributed by atoms with Crippen molar-refractivity contribution in [1.82, 2.24) is 14.5 Å². The first-order valence-electron chi connectivity index (χ1n) is 13.5. The fourth-order valence-corrected chi connectivity index (χ4v) is 5.31. The van der Waals surface area contributed by atoms with Crippen molar-refractivity contribution in [3.63, 3.8) is 0 Å². The number of amides is 2. The quantitative estimate of drug-likeness (QED) is 0.433. The molecule has 2 aromatic carbocycles. The smallest absolute Gasteiger partial charge is 0.246 e. The lowest BCUT2D eigenvalue weighted by atomic mass is 10.1. The monoisotopic (exact) mass is 516 g/mol. The van der Waals surface area contributed by atoms with Gasteiger partial charge in [0.1, 0.15) is 12.3 Å². The fraction of sp³-hybridized carbons (Fsp3) is 0.433. The van der Waals surface area contributed by atoms with Crippen LogP contribution in [-0.4, -0.2) is 59.2 Å². The summed E-state index contributed by atoms with van der Waals surface area (Å²) in [5, 5.41) is 2.99. The third kappa shape index (κ3) is 6.07. The molecule has 8 heteroatoms. The van der Waals surface area contributed by atoms with Crippen molar-refractivity contribution in [2.75, 3.05) is 32.1 Å². The molecule has 3 aromatic rings. The van der Waals surface area contributed by atoms with Crippen molar-refractivity contribution in [2.45, 2.75) is 51.6 Å². The summed E-state index contributed by atoms with van der Waals surface area (Å²) in [6, 6.07) is 15.7. The predicted octanol–water partition coefficient (Wildman–Crippen LogP) is 4.99. The summed E-state index contributed by atoms with van der Waals surface area (Å²) in [5.74, 6) is 0.970. The van der Waals surface area contributed by atoms with Gasteiger partial charge in [-0.3, -0.25) is 19.5 Å². The Labute approximate surface area is 224 Å². The van der Waals surface area contributed by atoms with Crippen molar-refractivity contribution in [2.24, 2.45) is 5.92 Å². The molecule has 1 saturated heterocycles. The molecule has 5 rings (SSSR count). The second-order valence-electron chi connectivity index (χ2n) is 10.3. The van der Waals surface area contributed by atoms with E-state index in [-0.39, 0.29) is 30.4 Å². The molecule has 0 unspecified atom stereocenters. The van der Waals surface area contributed by atoms with Crippen molar-refractivity contribution in [3.05, 3.63) is 60.3 Å². The molecule has 8 nitrogen and oxygen atoms in total. The highest BCUT2D eigenvalue weighted by Gasteiger charge is 2.31. The number of hydrogen-bond acceptors (Lipinski definition) is 5. The Morgan fingerprint density at radius 2 is 1.79 bits per heavy atom. The zero-order valence-electron chi connectivity index (χ0n) is 22.2. The van der Waals surface area contributed by atoms with Crippen LogP contribution in [0, 0.1) is 12.8 Å². The van der Waals surface area contributed by atoms with Crippen LogP contribution in [-0.2, 0) is 14.3 Å². The first-order chi connectivity index (χ1) is 18.5. The van der Waals surface area contributed by atoms with Crippen LogP contribution in [0.25, 0.3) is 16.9 Å². The van der Waals surface area contributed by atoms with Gasteiger partial charge in [0, 0.05) is 36.5 Å². The summed E-state index contributed by atoms with van der Waals surface area (Å²) in [6.45, 7) is 3.18. The Kier molecular flexibility index (Phi) is 8.08. The second kappa shape index (κ2) is 11.8. The molecule has 2 fully saturated rings.